The fourth-order valence-electron chi connectivity index (χ4n) is 1.60. The predicted molar refractivity (Wildman–Crippen MR) is 51.6 cm³/mol. The van der Waals surface area contributed by atoms with E-state index in [1.165, 1.54) is 12.1 Å². The molecule has 0 heterocycles. The van der Waals surface area contributed by atoms with Crippen LogP contribution < -0.4 is 4.84 Å². The topological polar surface area (TPSA) is 12.0 Å². The van der Waals surface area contributed by atoms with E-state index in [1.54, 1.807) is 0 Å². The zero-order valence-electron chi connectivity index (χ0n) is 7.68. The Morgan fingerprint density at radius 1 is 1.20 bits per heavy atom. The minimum absolute atomic E-state index is 0.198. The average molecular weight is 236 g/mol. The van der Waals surface area contributed by atoms with Gasteiger partial charge in [0.05, 0.1) is 5.56 Å². The molecule has 5 heteroatoms. The summed E-state index contributed by atoms with van der Waals surface area (Å²) in [4.78, 5) is 2.58. The van der Waals surface area contributed by atoms with Crippen LogP contribution in [-0.2, 0) is 6.18 Å². The third-order valence-corrected chi connectivity index (χ3v) is 2.88. The molecule has 1 aromatic carbocycles. The molecule has 1 aliphatic rings. The molecule has 1 fully saturated rings. The van der Waals surface area contributed by atoms with Crippen molar-refractivity contribution in [1.82, 2.24) is 4.84 Å². The van der Waals surface area contributed by atoms with Crippen LogP contribution >= 0.6 is 11.8 Å². The maximum absolute atomic E-state index is 12.2. The molecule has 1 saturated carbocycles. The first-order chi connectivity index (χ1) is 7.02. The molecule has 0 radical (unpaired) electrons. The van der Waals surface area contributed by atoms with E-state index in [1.807, 2.05) is 0 Å². The Labute approximate surface area is 90.3 Å². The second kappa shape index (κ2) is 3.68. The van der Waals surface area contributed by atoms with Gasteiger partial charge in [-0.3, -0.25) is 0 Å². The summed E-state index contributed by atoms with van der Waals surface area (Å²) >= 11 is 5.42. The van der Waals surface area contributed by atoms with E-state index in [0.29, 0.717) is 0 Å². The van der Waals surface area contributed by atoms with Crippen LogP contribution in [0.1, 0.15) is 23.5 Å². The van der Waals surface area contributed by atoms with Gasteiger partial charge in [-0.25, -0.2) is 4.84 Å². The molecule has 0 aromatic heterocycles. The molecule has 15 heavy (non-hydrogen) atoms. The molecular weight excluding hydrogens is 227 g/mol. The van der Waals surface area contributed by atoms with Crippen molar-refractivity contribution in [1.29, 1.82) is 0 Å². The summed E-state index contributed by atoms with van der Waals surface area (Å²) < 4.78 is 36.7. The Hall–Kier alpha value is -0.740. The van der Waals surface area contributed by atoms with Crippen LogP contribution in [-0.4, -0.2) is 6.04 Å². The first kappa shape index (κ1) is 10.8. The van der Waals surface area contributed by atoms with Crippen LogP contribution in [0.5, 0.6) is 0 Å². The molecule has 0 bridgehead atoms. The van der Waals surface area contributed by atoms with Crippen molar-refractivity contribution in [3.05, 3.63) is 35.4 Å². The zero-order valence-corrected chi connectivity index (χ0v) is 8.44. The third-order valence-electron chi connectivity index (χ3n) is 2.60. The highest BCUT2D eigenvalue weighted by Gasteiger charge is 2.38. The highest BCUT2D eigenvalue weighted by atomic mass is 35.5. The average Bonchev–Trinajstić information content (AvgIpc) is 2.95. The molecule has 0 saturated heterocycles. The summed E-state index contributed by atoms with van der Waals surface area (Å²) in [5.41, 5.74) is 0.295. The lowest BCUT2D eigenvalue weighted by molar-refractivity contribution is -0.137. The van der Waals surface area contributed by atoms with Crippen LogP contribution in [0.25, 0.3) is 0 Å². The molecule has 2 unspecified atom stereocenters. The van der Waals surface area contributed by atoms with Crippen molar-refractivity contribution in [2.45, 2.75) is 24.6 Å². The molecule has 0 spiro atoms. The SMILES string of the molecule is FC(F)(F)c1ccc(C2CC2NCl)cc1. The zero-order chi connectivity index (χ0) is 11.1. The van der Waals surface area contributed by atoms with Gasteiger partial charge in [0.25, 0.3) is 0 Å². The summed E-state index contributed by atoms with van der Waals surface area (Å²) in [5.74, 6) is 0.254. The quantitative estimate of drug-likeness (QED) is 0.776. The highest BCUT2D eigenvalue weighted by molar-refractivity contribution is 6.13. The lowest BCUT2D eigenvalue weighted by Crippen LogP contribution is -2.05. The lowest BCUT2D eigenvalue weighted by atomic mass is 10.1. The van der Waals surface area contributed by atoms with Crippen molar-refractivity contribution in [3.8, 4) is 0 Å². The van der Waals surface area contributed by atoms with Gasteiger partial charge in [-0.05, 0) is 35.9 Å². The molecule has 1 nitrogen and oxygen atoms in total. The predicted octanol–water partition coefficient (Wildman–Crippen LogP) is 3.30. The number of halogens is 4. The second-order valence-corrected chi connectivity index (χ2v) is 3.90. The number of rotatable bonds is 2. The van der Waals surface area contributed by atoms with E-state index in [2.05, 4.69) is 4.84 Å². The fraction of sp³-hybridized carbons (Fsp3) is 0.400. The van der Waals surface area contributed by atoms with Gasteiger partial charge in [0.15, 0.2) is 0 Å². The van der Waals surface area contributed by atoms with E-state index < -0.39 is 11.7 Å². The number of hydrogen-bond donors (Lipinski definition) is 1. The van der Waals surface area contributed by atoms with Crippen molar-refractivity contribution in [2.24, 2.45) is 0 Å². The second-order valence-electron chi connectivity index (χ2n) is 3.68. The Bertz CT molecular complexity index is 347. The van der Waals surface area contributed by atoms with Crippen molar-refractivity contribution in [3.63, 3.8) is 0 Å². The Morgan fingerprint density at radius 3 is 2.20 bits per heavy atom. The van der Waals surface area contributed by atoms with Gasteiger partial charge in [0, 0.05) is 12.0 Å². The first-order valence-corrected chi connectivity index (χ1v) is 4.93. The molecule has 2 atom stereocenters. The molecule has 82 valence electrons. The molecule has 0 aliphatic heterocycles. The van der Waals surface area contributed by atoms with Gasteiger partial charge in [-0.1, -0.05) is 12.1 Å². The van der Waals surface area contributed by atoms with E-state index in [4.69, 9.17) is 11.8 Å². The minimum Gasteiger partial charge on any atom is -0.230 e. The van der Waals surface area contributed by atoms with Crippen molar-refractivity contribution >= 4 is 11.8 Å². The standard InChI is InChI=1S/C10H9ClF3N/c11-15-9-5-8(9)6-1-3-7(4-2-6)10(12,13)14/h1-4,8-9,15H,5H2. The summed E-state index contributed by atoms with van der Waals surface area (Å²) in [6.45, 7) is 0. The lowest BCUT2D eigenvalue weighted by Gasteiger charge is -2.07. The van der Waals surface area contributed by atoms with Crippen LogP contribution in [0.3, 0.4) is 0 Å². The Morgan fingerprint density at radius 2 is 1.80 bits per heavy atom. The number of nitrogens with one attached hydrogen (secondary N) is 1. The van der Waals surface area contributed by atoms with Gasteiger partial charge >= 0.3 is 6.18 Å². The van der Waals surface area contributed by atoms with Crippen LogP contribution in [0.15, 0.2) is 24.3 Å². The van der Waals surface area contributed by atoms with Crippen LogP contribution in [0, 0.1) is 0 Å². The van der Waals surface area contributed by atoms with Gasteiger partial charge in [-0.15, -0.1) is 0 Å². The third kappa shape index (κ3) is 2.26. The monoisotopic (exact) mass is 235 g/mol. The van der Waals surface area contributed by atoms with E-state index in [0.717, 1.165) is 24.1 Å². The van der Waals surface area contributed by atoms with Crippen molar-refractivity contribution < 1.29 is 13.2 Å². The summed E-state index contributed by atoms with van der Waals surface area (Å²) in [7, 11) is 0. The summed E-state index contributed by atoms with van der Waals surface area (Å²) in [6.07, 6.45) is -3.37. The van der Waals surface area contributed by atoms with Crippen LogP contribution in [0.4, 0.5) is 13.2 Å². The summed E-state index contributed by atoms with van der Waals surface area (Å²) in [6, 6.07) is 5.45. The highest BCUT2D eigenvalue weighted by Crippen LogP contribution is 2.41. The van der Waals surface area contributed by atoms with E-state index >= 15 is 0 Å². The number of alkyl halides is 3. The van der Waals surface area contributed by atoms with E-state index in [9.17, 15) is 13.2 Å². The Balaban J connectivity index is 2.12. The maximum Gasteiger partial charge on any atom is 0.416 e. The molecule has 0 amide bonds. The Kier molecular flexibility index (Phi) is 2.64. The van der Waals surface area contributed by atoms with Gasteiger partial charge in [0.2, 0.25) is 0 Å². The smallest absolute Gasteiger partial charge is 0.230 e. The summed E-state index contributed by atoms with van der Waals surface area (Å²) in [5, 5.41) is 0. The fourth-order valence-corrected chi connectivity index (χ4v) is 1.84. The van der Waals surface area contributed by atoms with Crippen LogP contribution in [0.2, 0.25) is 0 Å². The molecule has 1 aliphatic carbocycles. The number of benzene rings is 1. The molecular formula is C10H9ClF3N. The molecule has 2 rings (SSSR count). The van der Waals surface area contributed by atoms with Gasteiger partial charge < -0.3 is 0 Å². The minimum atomic E-state index is -4.26. The normalized spacial score (nSPS) is 25.3. The first-order valence-electron chi connectivity index (χ1n) is 4.55. The van der Waals surface area contributed by atoms with Gasteiger partial charge in [0.1, 0.15) is 0 Å². The van der Waals surface area contributed by atoms with Crippen molar-refractivity contribution in [2.75, 3.05) is 0 Å². The number of hydrogen-bond acceptors (Lipinski definition) is 1. The van der Waals surface area contributed by atoms with E-state index in [-0.39, 0.29) is 12.0 Å². The van der Waals surface area contributed by atoms with Gasteiger partial charge in [-0.2, -0.15) is 13.2 Å². The molecule has 1 aromatic rings. The largest absolute Gasteiger partial charge is 0.416 e. The molecule has 1 N–H and O–H groups in total. The maximum atomic E-state index is 12.2.